The first-order chi connectivity index (χ1) is 17.6. The minimum absolute atomic E-state index is 0.280. The molecule has 186 valence electrons. The number of aliphatic imine (C=N–C) groups is 1. The maximum Gasteiger partial charge on any atom is 0.338 e. The second kappa shape index (κ2) is 11.8. The van der Waals surface area contributed by atoms with Crippen LogP contribution in [-0.2, 0) is 16.1 Å². The lowest BCUT2D eigenvalue weighted by Gasteiger charge is -2.34. The smallest absolute Gasteiger partial charge is 0.338 e. The number of benzene rings is 3. The third-order valence-corrected chi connectivity index (χ3v) is 6.52. The predicted molar refractivity (Wildman–Crippen MR) is 146 cm³/mol. The van der Waals surface area contributed by atoms with E-state index in [0.717, 1.165) is 27.7 Å². The summed E-state index contributed by atoms with van der Waals surface area (Å²) in [5.41, 5.74) is 4.10. The predicted octanol–water partition coefficient (Wildman–Crippen LogP) is 6.39. The maximum absolute atomic E-state index is 13.2. The molecule has 3 aromatic rings. The summed E-state index contributed by atoms with van der Waals surface area (Å²) in [5.74, 6) is 0.822. The molecule has 0 aliphatic carbocycles. The highest BCUT2D eigenvalue weighted by Crippen LogP contribution is 2.41. The van der Waals surface area contributed by atoms with Gasteiger partial charge in [0.1, 0.15) is 12.6 Å². The van der Waals surface area contributed by atoms with Crippen molar-refractivity contribution >= 4 is 28.6 Å². The standard InChI is InChI=1S/C29H30N2O4S/c1-5-34-28(32)26-20(2)31(23-14-10-7-11-15-23)29(36-4)30-27(26)22-16-17-24(25(18-22)33-3)35-19-21-12-8-6-9-13-21/h6-18,27H,5,19H2,1-4H3/t27-/m1/s1. The minimum Gasteiger partial charge on any atom is -0.493 e. The van der Waals surface area contributed by atoms with Gasteiger partial charge in [-0.2, -0.15) is 0 Å². The first kappa shape index (κ1) is 25.4. The van der Waals surface area contributed by atoms with Crippen LogP contribution in [0.3, 0.4) is 0 Å². The number of hydrogen-bond donors (Lipinski definition) is 0. The van der Waals surface area contributed by atoms with E-state index < -0.39 is 6.04 Å². The summed E-state index contributed by atoms with van der Waals surface area (Å²) in [7, 11) is 1.61. The largest absolute Gasteiger partial charge is 0.493 e. The van der Waals surface area contributed by atoms with Gasteiger partial charge in [-0.1, -0.05) is 66.4 Å². The molecule has 0 amide bonds. The lowest BCUT2D eigenvalue weighted by molar-refractivity contribution is -0.138. The fourth-order valence-corrected chi connectivity index (χ4v) is 4.77. The summed E-state index contributed by atoms with van der Waals surface area (Å²) in [5, 5.41) is 0.792. The van der Waals surface area contributed by atoms with Crippen LogP contribution in [0.4, 0.5) is 5.69 Å². The van der Waals surface area contributed by atoms with E-state index in [0.29, 0.717) is 23.7 Å². The van der Waals surface area contributed by atoms with E-state index in [1.807, 2.05) is 96.9 Å². The molecule has 0 spiro atoms. The zero-order chi connectivity index (χ0) is 25.5. The van der Waals surface area contributed by atoms with Gasteiger partial charge in [-0.15, -0.1) is 0 Å². The van der Waals surface area contributed by atoms with Gasteiger partial charge >= 0.3 is 5.97 Å². The van der Waals surface area contributed by atoms with Crippen LogP contribution in [0.15, 0.2) is 95.1 Å². The Morgan fingerprint density at radius 2 is 1.69 bits per heavy atom. The van der Waals surface area contributed by atoms with Crippen LogP contribution < -0.4 is 14.4 Å². The Bertz CT molecular complexity index is 1260. The molecule has 0 N–H and O–H groups in total. The SMILES string of the molecule is CCOC(=O)C1=C(C)N(c2ccccc2)C(SC)=N[C@@H]1c1ccc(OCc2ccccc2)c(OC)c1. The number of carbonyl (C=O) groups excluding carboxylic acids is 1. The Labute approximate surface area is 216 Å². The van der Waals surface area contributed by atoms with E-state index in [-0.39, 0.29) is 12.6 Å². The van der Waals surface area contributed by atoms with Crippen molar-refractivity contribution in [3.05, 3.63) is 101 Å². The molecule has 6 nitrogen and oxygen atoms in total. The number of para-hydroxylation sites is 1. The molecule has 1 aliphatic rings. The van der Waals surface area contributed by atoms with Crippen LogP contribution >= 0.6 is 11.8 Å². The molecule has 0 unspecified atom stereocenters. The normalized spacial score (nSPS) is 15.4. The molecule has 36 heavy (non-hydrogen) atoms. The van der Waals surface area contributed by atoms with E-state index >= 15 is 0 Å². The highest BCUT2D eigenvalue weighted by molar-refractivity contribution is 8.13. The molecule has 3 aromatic carbocycles. The number of hydrogen-bond acceptors (Lipinski definition) is 7. The Morgan fingerprint density at radius 1 is 1.00 bits per heavy atom. The second-order valence-electron chi connectivity index (χ2n) is 8.09. The van der Waals surface area contributed by atoms with Gasteiger partial charge in [0.15, 0.2) is 16.7 Å². The molecule has 0 aromatic heterocycles. The Balaban J connectivity index is 1.73. The van der Waals surface area contributed by atoms with E-state index in [4.69, 9.17) is 19.2 Å². The van der Waals surface area contributed by atoms with Gasteiger partial charge in [-0.05, 0) is 55.5 Å². The Hall–Kier alpha value is -3.71. The monoisotopic (exact) mass is 502 g/mol. The van der Waals surface area contributed by atoms with E-state index in [9.17, 15) is 4.79 Å². The third-order valence-electron chi connectivity index (χ3n) is 5.86. The fraction of sp³-hybridized carbons (Fsp3) is 0.241. The maximum atomic E-state index is 13.2. The molecule has 4 rings (SSSR count). The molecule has 1 heterocycles. The summed E-state index contributed by atoms with van der Waals surface area (Å²) in [6.45, 7) is 4.45. The van der Waals surface area contributed by atoms with Crippen molar-refractivity contribution in [2.45, 2.75) is 26.5 Å². The molecular formula is C29H30N2O4S. The van der Waals surface area contributed by atoms with Crippen LogP contribution in [0.1, 0.15) is 31.0 Å². The molecule has 7 heteroatoms. The topological polar surface area (TPSA) is 60.4 Å². The van der Waals surface area contributed by atoms with Crippen molar-refractivity contribution in [3.63, 3.8) is 0 Å². The lowest BCUT2D eigenvalue weighted by Crippen LogP contribution is -2.35. The first-order valence-corrected chi connectivity index (χ1v) is 13.0. The van der Waals surface area contributed by atoms with Crippen molar-refractivity contribution < 1.29 is 19.0 Å². The number of carbonyl (C=O) groups is 1. The number of anilines is 1. The van der Waals surface area contributed by atoms with E-state index in [1.165, 1.54) is 11.8 Å². The van der Waals surface area contributed by atoms with Crippen molar-refractivity contribution in [1.29, 1.82) is 0 Å². The van der Waals surface area contributed by atoms with Crippen molar-refractivity contribution in [3.8, 4) is 11.5 Å². The van der Waals surface area contributed by atoms with Crippen LogP contribution in [0.2, 0.25) is 0 Å². The third kappa shape index (κ3) is 5.41. The molecule has 0 saturated heterocycles. The summed E-state index contributed by atoms with van der Waals surface area (Å²) in [6.07, 6.45) is 1.98. The Morgan fingerprint density at radius 3 is 2.33 bits per heavy atom. The van der Waals surface area contributed by atoms with Gasteiger partial charge in [0.25, 0.3) is 0 Å². The van der Waals surface area contributed by atoms with Gasteiger partial charge in [-0.25, -0.2) is 9.79 Å². The van der Waals surface area contributed by atoms with Gasteiger partial charge < -0.3 is 14.2 Å². The summed E-state index contributed by atoms with van der Waals surface area (Å²) in [6, 6.07) is 25.0. The van der Waals surface area contributed by atoms with Crippen LogP contribution in [0.25, 0.3) is 0 Å². The molecule has 0 fully saturated rings. The molecular weight excluding hydrogens is 472 g/mol. The van der Waals surface area contributed by atoms with Gasteiger partial charge in [0, 0.05) is 11.4 Å². The van der Waals surface area contributed by atoms with Gasteiger partial charge in [0.2, 0.25) is 0 Å². The first-order valence-electron chi connectivity index (χ1n) is 11.8. The lowest BCUT2D eigenvalue weighted by atomic mass is 9.95. The number of nitrogens with zero attached hydrogens (tertiary/aromatic N) is 2. The quantitative estimate of drug-likeness (QED) is 0.333. The van der Waals surface area contributed by atoms with Crippen molar-refractivity contribution in [2.24, 2.45) is 4.99 Å². The van der Waals surface area contributed by atoms with Gasteiger partial charge in [0.05, 0.1) is 19.3 Å². The van der Waals surface area contributed by atoms with Crippen LogP contribution in [0, 0.1) is 0 Å². The van der Waals surface area contributed by atoms with Crippen molar-refractivity contribution in [2.75, 3.05) is 24.9 Å². The van der Waals surface area contributed by atoms with Crippen LogP contribution in [0.5, 0.6) is 11.5 Å². The average molecular weight is 503 g/mol. The number of esters is 1. The van der Waals surface area contributed by atoms with Crippen LogP contribution in [-0.4, -0.2) is 31.1 Å². The van der Waals surface area contributed by atoms with Gasteiger partial charge in [-0.3, -0.25) is 4.90 Å². The van der Waals surface area contributed by atoms with E-state index in [2.05, 4.69) is 0 Å². The number of amidine groups is 1. The van der Waals surface area contributed by atoms with E-state index in [1.54, 1.807) is 14.0 Å². The summed E-state index contributed by atoms with van der Waals surface area (Å²) in [4.78, 5) is 20.2. The number of thioether (sulfide) groups is 1. The molecule has 1 aliphatic heterocycles. The number of methoxy groups -OCH3 is 1. The zero-order valence-electron chi connectivity index (χ0n) is 20.9. The zero-order valence-corrected chi connectivity index (χ0v) is 21.7. The minimum atomic E-state index is -0.538. The number of ether oxygens (including phenoxy) is 3. The number of rotatable bonds is 8. The molecule has 1 atom stereocenters. The highest BCUT2D eigenvalue weighted by atomic mass is 32.2. The molecule has 0 saturated carbocycles. The molecule has 0 radical (unpaired) electrons. The second-order valence-corrected chi connectivity index (χ2v) is 8.87. The summed E-state index contributed by atoms with van der Waals surface area (Å²) >= 11 is 1.53. The Kier molecular flexibility index (Phi) is 8.33. The molecule has 0 bridgehead atoms. The summed E-state index contributed by atoms with van der Waals surface area (Å²) < 4.78 is 17.2. The van der Waals surface area contributed by atoms with Crippen molar-refractivity contribution in [1.82, 2.24) is 0 Å². The average Bonchev–Trinajstić information content (AvgIpc) is 2.92. The highest BCUT2D eigenvalue weighted by Gasteiger charge is 2.35. The number of allylic oxidation sites excluding steroid dienone is 1. The fourth-order valence-electron chi connectivity index (χ4n) is 4.14.